The fraction of sp³-hybridized carbons (Fsp3) is 0.250. The highest BCUT2D eigenvalue weighted by Crippen LogP contribution is 2.19. The molecule has 0 unspecified atom stereocenters. The standard InChI is InChI=1S/C8H9ClFNO3S/c9-7-2-1-6(5-8(7)10)11-15(13,14)4-3-12/h1-2,5,11-12H,3-4H2. The van der Waals surface area contributed by atoms with Crippen LogP contribution in [0.25, 0.3) is 0 Å². The van der Waals surface area contributed by atoms with Gasteiger partial charge in [0.15, 0.2) is 0 Å². The van der Waals surface area contributed by atoms with Crippen LogP contribution in [0.5, 0.6) is 0 Å². The monoisotopic (exact) mass is 253 g/mol. The molecule has 0 spiro atoms. The van der Waals surface area contributed by atoms with Crippen LogP contribution in [-0.4, -0.2) is 25.9 Å². The highest BCUT2D eigenvalue weighted by Gasteiger charge is 2.10. The van der Waals surface area contributed by atoms with E-state index < -0.39 is 28.2 Å². The summed E-state index contributed by atoms with van der Waals surface area (Å²) in [6, 6.07) is 3.55. The Kier molecular flexibility index (Phi) is 3.90. The number of hydrogen-bond acceptors (Lipinski definition) is 3. The van der Waals surface area contributed by atoms with Crippen LogP contribution in [0.1, 0.15) is 0 Å². The fourth-order valence-electron chi connectivity index (χ4n) is 0.910. The van der Waals surface area contributed by atoms with Crippen LogP contribution in [-0.2, 0) is 10.0 Å². The summed E-state index contributed by atoms with van der Waals surface area (Å²) in [5, 5.41) is 8.38. The molecule has 0 aliphatic rings. The van der Waals surface area contributed by atoms with Gasteiger partial charge in [0.05, 0.1) is 23.1 Å². The highest BCUT2D eigenvalue weighted by atomic mass is 35.5. The quantitative estimate of drug-likeness (QED) is 0.848. The molecule has 0 radical (unpaired) electrons. The van der Waals surface area contributed by atoms with Crippen molar-refractivity contribution in [3.63, 3.8) is 0 Å². The van der Waals surface area contributed by atoms with Gasteiger partial charge in [-0.3, -0.25) is 4.72 Å². The number of halogens is 2. The Bertz CT molecular complexity index is 449. The fourth-order valence-corrected chi connectivity index (χ4v) is 1.86. The zero-order valence-corrected chi connectivity index (χ0v) is 9.15. The first-order chi connectivity index (χ1) is 6.94. The molecule has 1 rings (SSSR count). The molecule has 0 aromatic heterocycles. The van der Waals surface area contributed by atoms with E-state index in [9.17, 15) is 12.8 Å². The number of hydrogen-bond donors (Lipinski definition) is 2. The SMILES string of the molecule is O=S(=O)(CCO)Nc1ccc(Cl)c(F)c1. The Hall–Kier alpha value is -0.850. The lowest BCUT2D eigenvalue weighted by atomic mass is 10.3. The molecular formula is C8H9ClFNO3S. The summed E-state index contributed by atoms with van der Waals surface area (Å²) < 4.78 is 37.4. The smallest absolute Gasteiger partial charge is 0.234 e. The van der Waals surface area contributed by atoms with Gasteiger partial charge in [0.2, 0.25) is 10.0 Å². The summed E-state index contributed by atoms with van der Waals surface area (Å²) in [5.41, 5.74) is 0.0744. The average Bonchev–Trinajstić information content (AvgIpc) is 2.10. The number of aliphatic hydroxyl groups is 1. The lowest BCUT2D eigenvalue weighted by molar-refractivity contribution is 0.320. The van der Waals surface area contributed by atoms with Gasteiger partial charge in [0.1, 0.15) is 5.82 Å². The van der Waals surface area contributed by atoms with Crippen molar-refractivity contribution in [1.82, 2.24) is 0 Å². The first kappa shape index (κ1) is 12.2. The van der Waals surface area contributed by atoms with Crippen LogP contribution < -0.4 is 4.72 Å². The summed E-state index contributed by atoms with van der Waals surface area (Å²) in [7, 11) is -3.62. The molecule has 0 amide bonds. The molecule has 0 heterocycles. The van der Waals surface area contributed by atoms with E-state index in [4.69, 9.17) is 16.7 Å². The van der Waals surface area contributed by atoms with Crippen molar-refractivity contribution in [2.24, 2.45) is 0 Å². The van der Waals surface area contributed by atoms with Crippen molar-refractivity contribution < 1.29 is 17.9 Å². The van der Waals surface area contributed by atoms with Crippen molar-refractivity contribution in [3.8, 4) is 0 Å². The van der Waals surface area contributed by atoms with E-state index in [1.165, 1.54) is 12.1 Å². The van der Waals surface area contributed by atoms with Gasteiger partial charge in [-0.25, -0.2) is 12.8 Å². The third-order valence-electron chi connectivity index (χ3n) is 1.55. The number of benzene rings is 1. The van der Waals surface area contributed by atoms with Crippen molar-refractivity contribution >= 4 is 27.3 Å². The number of aliphatic hydroxyl groups excluding tert-OH is 1. The minimum absolute atomic E-state index is 0.0744. The minimum atomic E-state index is -3.62. The van der Waals surface area contributed by atoms with Crippen molar-refractivity contribution in [2.45, 2.75) is 0 Å². The second-order valence-electron chi connectivity index (χ2n) is 2.77. The summed E-state index contributed by atoms with van der Waals surface area (Å²) in [5.74, 6) is -1.14. The van der Waals surface area contributed by atoms with E-state index in [1.807, 2.05) is 0 Å². The maximum atomic E-state index is 12.9. The lowest BCUT2D eigenvalue weighted by Crippen LogP contribution is -2.18. The molecule has 0 aliphatic carbocycles. The van der Waals surface area contributed by atoms with Crippen molar-refractivity contribution in [1.29, 1.82) is 0 Å². The van der Waals surface area contributed by atoms with E-state index >= 15 is 0 Å². The molecular weight excluding hydrogens is 245 g/mol. The third-order valence-corrected chi connectivity index (χ3v) is 3.13. The van der Waals surface area contributed by atoms with Crippen LogP contribution in [0.15, 0.2) is 18.2 Å². The Balaban J connectivity index is 2.86. The Morgan fingerprint density at radius 1 is 1.47 bits per heavy atom. The number of nitrogens with one attached hydrogen (secondary N) is 1. The summed E-state index contributed by atoms with van der Waals surface area (Å²) in [4.78, 5) is 0. The van der Waals surface area contributed by atoms with Crippen LogP contribution >= 0.6 is 11.6 Å². The molecule has 4 nitrogen and oxygen atoms in total. The van der Waals surface area contributed by atoms with E-state index in [1.54, 1.807) is 0 Å². The van der Waals surface area contributed by atoms with E-state index in [0.717, 1.165) is 6.07 Å². The Morgan fingerprint density at radius 3 is 2.67 bits per heavy atom. The average molecular weight is 254 g/mol. The van der Waals surface area contributed by atoms with E-state index in [0.29, 0.717) is 0 Å². The molecule has 2 N–H and O–H groups in total. The minimum Gasteiger partial charge on any atom is -0.395 e. The van der Waals surface area contributed by atoms with Gasteiger partial charge in [-0.1, -0.05) is 11.6 Å². The maximum absolute atomic E-state index is 12.9. The zero-order valence-electron chi connectivity index (χ0n) is 7.57. The van der Waals surface area contributed by atoms with Gasteiger partial charge < -0.3 is 5.11 Å². The van der Waals surface area contributed by atoms with Gasteiger partial charge in [-0.2, -0.15) is 0 Å². The molecule has 15 heavy (non-hydrogen) atoms. The third kappa shape index (κ3) is 3.65. The molecule has 7 heteroatoms. The predicted molar refractivity (Wildman–Crippen MR) is 55.9 cm³/mol. The molecule has 0 aliphatic heterocycles. The van der Waals surface area contributed by atoms with Crippen LogP contribution in [0.2, 0.25) is 5.02 Å². The van der Waals surface area contributed by atoms with Crippen molar-refractivity contribution in [2.75, 3.05) is 17.1 Å². The predicted octanol–water partition coefficient (Wildman–Crippen LogP) is 1.21. The number of anilines is 1. The highest BCUT2D eigenvalue weighted by molar-refractivity contribution is 7.92. The first-order valence-electron chi connectivity index (χ1n) is 4.01. The van der Waals surface area contributed by atoms with Gasteiger partial charge >= 0.3 is 0 Å². The largest absolute Gasteiger partial charge is 0.395 e. The van der Waals surface area contributed by atoms with E-state index in [-0.39, 0.29) is 10.7 Å². The molecule has 0 atom stereocenters. The summed E-state index contributed by atoms with van der Waals surface area (Å²) >= 11 is 5.42. The first-order valence-corrected chi connectivity index (χ1v) is 6.04. The normalized spacial score (nSPS) is 11.4. The number of sulfonamides is 1. The molecule has 1 aromatic carbocycles. The van der Waals surface area contributed by atoms with Crippen molar-refractivity contribution in [3.05, 3.63) is 29.0 Å². The van der Waals surface area contributed by atoms with Crippen LogP contribution in [0.3, 0.4) is 0 Å². The molecule has 0 fully saturated rings. The molecule has 0 saturated carbocycles. The Morgan fingerprint density at radius 2 is 2.13 bits per heavy atom. The summed E-state index contributed by atoms with van der Waals surface area (Å²) in [6.07, 6.45) is 0. The second-order valence-corrected chi connectivity index (χ2v) is 5.02. The van der Waals surface area contributed by atoms with Crippen LogP contribution in [0.4, 0.5) is 10.1 Å². The van der Waals surface area contributed by atoms with Gasteiger partial charge in [0.25, 0.3) is 0 Å². The van der Waals surface area contributed by atoms with Crippen LogP contribution in [0, 0.1) is 5.82 Å². The molecule has 84 valence electrons. The molecule has 0 saturated heterocycles. The number of rotatable bonds is 4. The topological polar surface area (TPSA) is 66.4 Å². The van der Waals surface area contributed by atoms with E-state index in [2.05, 4.69) is 4.72 Å². The molecule has 1 aromatic rings. The molecule has 0 bridgehead atoms. The lowest BCUT2D eigenvalue weighted by Gasteiger charge is -2.06. The Labute approximate surface area is 91.7 Å². The summed E-state index contributed by atoms with van der Waals surface area (Å²) in [6.45, 7) is -0.495. The van der Waals surface area contributed by atoms with Gasteiger partial charge in [0, 0.05) is 0 Å². The second kappa shape index (κ2) is 4.78. The maximum Gasteiger partial charge on any atom is 0.234 e. The zero-order chi connectivity index (χ0) is 11.5. The van der Waals surface area contributed by atoms with Gasteiger partial charge in [-0.05, 0) is 18.2 Å². The van der Waals surface area contributed by atoms with Gasteiger partial charge in [-0.15, -0.1) is 0 Å².